The second kappa shape index (κ2) is 3.83. The Morgan fingerprint density at radius 3 is 1.10 bits per heavy atom. The summed E-state index contributed by atoms with van der Waals surface area (Å²) in [5.41, 5.74) is -2.41. The number of aromatic nitrogens is 3. The van der Waals surface area contributed by atoms with E-state index in [2.05, 4.69) is 0 Å². The molecule has 52 valence electrons. The first kappa shape index (κ1) is 9.79. The summed E-state index contributed by atoms with van der Waals surface area (Å²) in [4.78, 5) is 35.9. The Balaban J connectivity index is 0.000000810. The molecule has 0 amide bonds. The van der Waals surface area contributed by atoms with E-state index >= 15 is 0 Å². The van der Waals surface area contributed by atoms with Crippen LogP contribution < -0.4 is 17.1 Å². The Hall–Kier alpha value is -0.213. The van der Waals surface area contributed by atoms with Crippen molar-refractivity contribution in [3.8, 4) is 0 Å². The van der Waals surface area contributed by atoms with Crippen LogP contribution in [0.3, 0.4) is 0 Å². The summed E-state index contributed by atoms with van der Waals surface area (Å²) in [6.45, 7) is 0. The summed E-state index contributed by atoms with van der Waals surface area (Å²) in [7, 11) is 0. The first-order valence-corrected chi connectivity index (χ1v) is 2.11. The van der Waals surface area contributed by atoms with Crippen molar-refractivity contribution in [1.82, 2.24) is 15.0 Å². The van der Waals surface area contributed by atoms with Gasteiger partial charge in [0, 0.05) is 41.7 Å². The molecular weight excluding hydrogens is 266 g/mol. The number of H-pyrrole nitrogens is 3. The van der Waals surface area contributed by atoms with Crippen molar-refractivity contribution in [2.75, 3.05) is 0 Å². The molecule has 0 fully saturated rings. The molecule has 3 N–H and O–H groups in total. The largest absolute Gasteiger partial charge is 0.330 e. The molecular formula is C3H3CeN3O3. The molecule has 7 heteroatoms. The molecule has 1 aromatic rings. The molecule has 0 radical (unpaired) electrons. The Kier molecular flexibility index (Phi) is 3.75. The van der Waals surface area contributed by atoms with Gasteiger partial charge in [0.15, 0.2) is 0 Å². The second-order valence-corrected chi connectivity index (χ2v) is 1.36. The molecule has 6 nitrogen and oxygen atoms in total. The zero-order valence-electron chi connectivity index (χ0n) is 4.72. The molecule has 0 aliphatic carbocycles. The van der Waals surface area contributed by atoms with Crippen LogP contribution in [0.2, 0.25) is 0 Å². The van der Waals surface area contributed by atoms with E-state index in [1.807, 2.05) is 0 Å². The van der Waals surface area contributed by atoms with Crippen LogP contribution in [0.1, 0.15) is 0 Å². The van der Waals surface area contributed by atoms with E-state index in [4.69, 9.17) is 0 Å². The smallest absolute Gasteiger partial charge is 0.259 e. The van der Waals surface area contributed by atoms with Crippen LogP contribution in [0.4, 0.5) is 0 Å². The van der Waals surface area contributed by atoms with Crippen LogP contribution in [0.15, 0.2) is 14.4 Å². The minimum Gasteiger partial charge on any atom is -0.259 e. The maximum absolute atomic E-state index is 10.2. The predicted molar refractivity (Wildman–Crippen MR) is 28.3 cm³/mol. The van der Waals surface area contributed by atoms with Gasteiger partial charge in [-0.3, -0.25) is 15.0 Å². The summed E-state index contributed by atoms with van der Waals surface area (Å²) < 4.78 is 0. The first-order chi connectivity index (χ1) is 4.18. The number of rotatable bonds is 0. The Morgan fingerprint density at radius 1 is 0.700 bits per heavy atom. The van der Waals surface area contributed by atoms with Crippen molar-refractivity contribution in [3.05, 3.63) is 31.5 Å². The Morgan fingerprint density at radius 2 is 0.900 bits per heavy atom. The van der Waals surface area contributed by atoms with Crippen molar-refractivity contribution >= 4 is 0 Å². The first-order valence-electron chi connectivity index (χ1n) is 2.11. The van der Waals surface area contributed by atoms with E-state index in [-0.39, 0.29) is 41.7 Å². The van der Waals surface area contributed by atoms with Crippen LogP contribution in [0.25, 0.3) is 0 Å². The third-order valence-electron chi connectivity index (χ3n) is 0.681. The van der Waals surface area contributed by atoms with Gasteiger partial charge >= 0.3 is 17.1 Å². The standard InChI is InChI=1S/C3H3N3O3.Ce/c7-1-4-2(8)6-3(9)5-1;/h(H3,4,5,6,7,8,9);. The fourth-order valence-corrected chi connectivity index (χ4v) is 0.403. The summed E-state index contributed by atoms with van der Waals surface area (Å²) in [6, 6.07) is 0. The van der Waals surface area contributed by atoms with Gasteiger partial charge in [-0.25, -0.2) is 14.4 Å². The molecule has 0 bridgehead atoms. The van der Waals surface area contributed by atoms with Crippen molar-refractivity contribution in [2.45, 2.75) is 0 Å². The molecule has 1 aromatic heterocycles. The third kappa shape index (κ3) is 2.58. The minimum absolute atomic E-state index is 0. The van der Waals surface area contributed by atoms with Gasteiger partial charge in [0.25, 0.3) is 0 Å². The zero-order valence-corrected chi connectivity index (χ0v) is 7.86. The van der Waals surface area contributed by atoms with Gasteiger partial charge < -0.3 is 0 Å². The van der Waals surface area contributed by atoms with Gasteiger partial charge in [-0.1, -0.05) is 0 Å². The minimum atomic E-state index is -0.802. The van der Waals surface area contributed by atoms with Gasteiger partial charge in [-0.05, 0) is 0 Å². The van der Waals surface area contributed by atoms with Crippen LogP contribution in [-0.4, -0.2) is 15.0 Å². The summed E-state index contributed by atoms with van der Waals surface area (Å²) >= 11 is 0. The number of hydrogen-bond donors (Lipinski definition) is 3. The predicted octanol–water partition coefficient (Wildman–Crippen LogP) is -2.25. The maximum Gasteiger partial charge on any atom is 0.330 e. The van der Waals surface area contributed by atoms with E-state index < -0.39 is 17.1 Å². The zero-order chi connectivity index (χ0) is 6.85. The Labute approximate surface area is 87.5 Å². The van der Waals surface area contributed by atoms with Crippen molar-refractivity contribution in [1.29, 1.82) is 0 Å². The van der Waals surface area contributed by atoms with Crippen LogP contribution in [-0.2, 0) is 0 Å². The molecule has 0 spiro atoms. The summed E-state index contributed by atoms with van der Waals surface area (Å²) in [6.07, 6.45) is 0. The molecule has 1 rings (SSSR count). The number of hydrogen-bond acceptors (Lipinski definition) is 3. The topological polar surface area (TPSA) is 98.6 Å². The molecule has 1 heterocycles. The quantitative estimate of drug-likeness (QED) is 0.496. The average Bonchev–Trinajstić information content (AvgIpc) is 1.59. The van der Waals surface area contributed by atoms with Gasteiger partial charge in [0.2, 0.25) is 0 Å². The fourth-order valence-electron chi connectivity index (χ4n) is 0.403. The average molecular weight is 269 g/mol. The summed E-state index contributed by atoms with van der Waals surface area (Å²) in [5, 5.41) is 0. The van der Waals surface area contributed by atoms with Gasteiger partial charge in [-0.15, -0.1) is 0 Å². The monoisotopic (exact) mass is 269 g/mol. The molecule has 0 aliphatic rings. The van der Waals surface area contributed by atoms with Crippen molar-refractivity contribution < 1.29 is 41.7 Å². The molecule has 0 saturated carbocycles. The maximum atomic E-state index is 10.2. The van der Waals surface area contributed by atoms with Gasteiger partial charge in [-0.2, -0.15) is 0 Å². The number of aromatic amines is 3. The Bertz CT molecular complexity index is 281. The molecule has 0 unspecified atom stereocenters. The van der Waals surface area contributed by atoms with E-state index in [9.17, 15) is 14.4 Å². The molecule has 0 saturated heterocycles. The van der Waals surface area contributed by atoms with Gasteiger partial charge in [0.05, 0.1) is 0 Å². The van der Waals surface area contributed by atoms with Crippen LogP contribution in [0, 0.1) is 41.7 Å². The fraction of sp³-hybridized carbons (Fsp3) is 0. The normalized spacial score (nSPS) is 8.40. The van der Waals surface area contributed by atoms with E-state index in [1.54, 1.807) is 15.0 Å². The number of nitrogens with one attached hydrogen (secondary N) is 3. The van der Waals surface area contributed by atoms with Crippen LogP contribution in [0.5, 0.6) is 0 Å². The molecule has 0 aromatic carbocycles. The molecule has 10 heavy (non-hydrogen) atoms. The molecule has 0 atom stereocenters. The third-order valence-corrected chi connectivity index (χ3v) is 0.681. The van der Waals surface area contributed by atoms with Crippen molar-refractivity contribution in [3.63, 3.8) is 0 Å². The molecule has 0 aliphatic heterocycles. The van der Waals surface area contributed by atoms with E-state index in [0.29, 0.717) is 0 Å². The SMILES string of the molecule is O=c1[nH]c(=O)[nH]c(=O)[nH]1.[Ce]. The summed E-state index contributed by atoms with van der Waals surface area (Å²) in [5.74, 6) is 0. The van der Waals surface area contributed by atoms with E-state index in [1.165, 1.54) is 0 Å². The van der Waals surface area contributed by atoms with Gasteiger partial charge in [0.1, 0.15) is 0 Å². The van der Waals surface area contributed by atoms with E-state index in [0.717, 1.165) is 0 Å². The van der Waals surface area contributed by atoms with Crippen molar-refractivity contribution in [2.24, 2.45) is 0 Å². The van der Waals surface area contributed by atoms with Crippen LogP contribution >= 0.6 is 0 Å². The second-order valence-electron chi connectivity index (χ2n) is 1.36.